The van der Waals surface area contributed by atoms with E-state index in [4.69, 9.17) is 4.74 Å². The highest BCUT2D eigenvalue weighted by molar-refractivity contribution is 7.99. The van der Waals surface area contributed by atoms with Gasteiger partial charge in [-0.05, 0) is 70.1 Å². The maximum Gasteiger partial charge on any atom is 0.408 e. The molecular formula is C33H47N3O4S. The van der Waals surface area contributed by atoms with Gasteiger partial charge in [0.2, 0.25) is 5.91 Å². The number of amides is 2. The summed E-state index contributed by atoms with van der Waals surface area (Å²) in [4.78, 5) is 29.8. The number of nitrogens with one attached hydrogen (secondary N) is 2. The van der Waals surface area contributed by atoms with Gasteiger partial charge in [0.15, 0.2) is 0 Å². The summed E-state index contributed by atoms with van der Waals surface area (Å²) in [5.74, 6) is 1.53. The number of aliphatic hydroxyl groups excluding tert-OH is 1. The van der Waals surface area contributed by atoms with E-state index < -0.39 is 17.7 Å². The number of β-amino-alcohol motifs (C(OH)–C–C–N with tert-alkyl or cyclic N) is 1. The van der Waals surface area contributed by atoms with Gasteiger partial charge in [0.25, 0.3) is 0 Å². The van der Waals surface area contributed by atoms with Crippen LogP contribution in [0.2, 0.25) is 0 Å². The highest BCUT2D eigenvalue weighted by Gasteiger charge is 2.44. The molecule has 2 aromatic rings. The Balaban J connectivity index is 1.50. The number of likely N-dealkylation sites (tertiary alicyclic amines) is 1. The Morgan fingerprint density at radius 1 is 0.976 bits per heavy atom. The number of piperidine rings is 1. The van der Waals surface area contributed by atoms with Crippen LogP contribution in [0.15, 0.2) is 65.6 Å². The molecule has 41 heavy (non-hydrogen) atoms. The summed E-state index contributed by atoms with van der Waals surface area (Å²) in [5.41, 5.74) is -0.440. The highest BCUT2D eigenvalue weighted by Crippen LogP contribution is 2.39. The molecule has 0 bridgehead atoms. The van der Waals surface area contributed by atoms with Gasteiger partial charge in [0, 0.05) is 29.3 Å². The number of carbonyl (C=O) groups is 2. The van der Waals surface area contributed by atoms with Crippen LogP contribution in [0.5, 0.6) is 0 Å². The first-order valence-corrected chi connectivity index (χ1v) is 15.9. The van der Waals surface area contributed by atoms with E-state index in [1.54, 1.807) is 11.8 Å². The van der Waals surface area contributed by atoms with Crippen LogP contribution >= 0.6 is 11.8 Å². The Hall–Kier alpha value is -2.55. The lowest BCUT2D eigenvalue weighted by atomic mass is 9.72. The highest BCUT2D eigenvalue weighted by atomic mass is 32.2. The van der Waals surface area contributed by atoms with Gasteiger partial charge in [-0.15, -0.1) is 11.8 Å². The Bertz CT molecular complexity index is 1130. The maximum absolute atomic E-state index is 13.5. The molecule has 1 aliphatic carbocycles. The Kier molecular flexibility index (Phi) is 10.8. The van der Waals surface area contributed by atoms with Crippen molar-refractivity contribution < 1.29 is 19.4 Å². The average molecular weight is 582 g/mol. The maximum atomic E-state index is 13.5. The molecule has 1 heterocycles. The van der Waals surface area contributed by atoms with E-state index in [0.29, 0.717) is 17.6 Å². The quantitative estimate of drug-likeness (QED) is 0.316. The second-order valence-electron chi connectivity index (χ2n) is 13.0. The van der Waals surface area contributed by atoms with Crippen molar-refractivity contribution in [3.05, 3.63) is 66.2 Å². The predicted octanol–water partition coefficient (Wildman–Crippen LogP) is 5.62. The summed E-state index contributed by atoms with van der Waals surface area (Å²) < 4.78 is 5.55. The van der Waals surface area contributed by atoms with Crippen LogP contribution in [0.1, 0.15) is 65.4 Å². The first kappa shape index (κ1) is 31.4. The molecule has 8 heteroatoms. The van der Waals surface area contributed by atoms with E-state index in [9.17, 15) is 14.7 Å². The molecule has 224 valence electrons. The van der Waals surface area contributed by atoms with Crippen molar-refractivity contribution >= 4 is 23.8 Å². The van der Waals surface area contributed by atoms with E-state index in [2.05, 4.69) is 15.5 Å². The van der Waals surface area contributed by atoms with Crippen molar-refractivity contribution in [2.45, 2.75) is 94.5 Å². The minimum atomic E-state index is -0.997. The van der Waals surface area contributed by atoms with Gasteiger partial charge in [0.1, 0.15) is 6.61 Å². The lowest BCUT2D eigenvalue weighted by Gasteiger charge is -2.48. The number of benzene rings is 2. The summed E-state index contributed by atoms with van der Waals surface area (Å²) in [6.07, 6.45) is 4.08. The smallest absolute Gasteiger partial charge is 0.408 e. The van der Waals surface area contributed by atoms with Gasteiger partial charge in [0.05, 0.1) is 17.7 Å². The van der Waals surface area contributed by atoms with Gasteiger partial charge < -0.3 is 20.5 Å². The zero-order valence-corrected chi connectivity index (χ0v) is 25.8. The van der Waals surface area contributed by atoms with Crippen LogP contribution in [0.25, 0.3) is 0 Å². The molecule has 4 rings (SSSR count). The first-order chi connectivity index (χ1) is 19.5. The number of nitrogens with zero attached hydrogens (tertiary/aromatic N) is 1. The molecule has 1 aliphatic heterocycles. The van der Waals surface area contributed by atoms with Crippen LogP contribution in [-0.2, 0) is 16.1 Å². The second kappa shape index (κ2) is 14.1. The van der Waals surface area contributed by atoms with Crippen LogP contribution in [0, 0.1) is 11.8 Å². The minimum Gasteiger partial charge on any atom is -0.445 e. The standard InChI is InChI=1S/C33H47N3O4S/c1-32(2,3)34-30(38)28-19-25-15-11-12-16-26(25)20-36(28)21-29(37)33(4,23-41-27-17-9-6-10-18-27)35-31(39)40-22-24-13-7-5-8-14-24/h5-10,13-14,17-18,25-26,28-29,37H,11-12,15-16,19-23H2,1-4H3,(H,34,38)(H,35,39)/t25-,26+,28-,29+,33-/m0/s1. The van der Waals surface area contributed by atoms with Crippen LogP contribution in [0.4, 0.5) is 4.79 Å². The largest absolute Gasteiger partial charge is 0.445 e. The summed E-state index contributed by atoms with van der Waals surface area (Å²) >= 11 is 1.58. The normalized spacial score (nSPS) is 23.5. The fourth-order valence-electron chi connectivity index (χ4n) is 6.01. The van der Waals surface area contributed by atoms with Crippen molar-refractivity contribution in [2.24, 2.45) is 11.8 Å². The number of hydrogen-bond donors (Lipinski definition) is 3. The Labute approximate surface area is 249 Å². The molecule has 1 saturated carbocycles. The predicted molar refractivity (Wildman–Crippen MR) is 165 cm³/mol. The van der Waals surface area contributed by atoms with E-state index in [1.165, 1.54) is 19.3 Å². The Morgan fingerprint density at radius 3 is 2.27 bits per heavy atom. The van der Waals surface area contributed by atoms with Crippen molar-refractivity contribution in [1.82, 2.24) is 15.5 Å². The summed E-state index contributed by atoms with van der Waals surface area (Å²) in [5, 5.41) is 18.0. The summed E-state index contributed by atoms with van der Waals surface area (Å²) in [6.45, 7) is 9.09. The molecule has 0 aromatic heterocycles. The molecule has 0 spiro atoms. The molecule has 2 amide bonds. The van der Waals surface area contributed by atoms with Crippen molar-refractivity contribution in [3.63, 3.8) is 0 Å². The van der Waals surface area contributed by atoms with Crippen LogP contribution in [-0.4, -0.2) is 64.1 Å². The molecule has 0 unspecified atom stereocenters. The van der Waals surface area contributed by atoms with Gasteiger partial charge >= 0.3 is 6.09 Å². The van der Waals surface area contributed by atoms with Crippen molar-refractivity contribution in [3.8, 4) is 0 Å². The Morgan fingerprint density at radius 2 is 1.61 bits per heavy atom. The number of fused-ring (bicyclic) bond motifs is 1. The van der Waals surface area contributed by atoms with E-state index in [1.807, 2.05) is 88.4 Å². The molecule has 2 aromatic carbocycles. The minimum absolute atomic E-state index is 0.0179. The number of hydrogen-bond acceptors (Lipinski definition) is 6. The molecule has 7 nitrogen and oxygen atoms in total. The van der Waals surface area contributed by atoms with Gasteiger partial charge in [-0.2, -0.15) is 0 Å². The molecular weight excluding hydrogens is 534 g/mol. The van der Waals surface area contributed by atoms with E-state index in [0.717, 1.165) is 29.8 Å². The number of ether oxygens (including phenoxy) is 1. The van der Waals surface area contributed by atoms with Crippen LogP contribution < -0.4 is 10.6 Å². The first-order valence-electron chi connectivity index (χ1n) is 14.9. The number of thioether (sulfide) groups is 1. The monoisotopic (exact) mass is 581 g/mol. The number of aliphatic hydroxyl groups is 1. The average Bonchev–Trinajstić information content (AvgIpc) is 2.95. The number of rotatable bonds is 10. The molecule has 1 saturated heterocycles. The third-order valence-electron chi connectivity index (χ3n) is 8.33. The zero-order valence-electron chi connectivity index (χ0n) is 25.0. The lowest BCUT2D eigenvalue weighted by Crippen LogP contribution is -2.63. The molecule has 2 aliphatic rings. The summed E-state index contributed by atoms with van der Waals surface area (Å²) in [6, 6.07) is 19.2. The van der Waals surface area contributed by atoms with Gasteiger partial charge in [-0.25, -0.2) is 4.79 Å². The number of alkyl carbamates (subject to hydrolysis) is 1. The number of carbonyl (C=O) groups excluding carboxylic acids is 2. The molecule has 5 atom stereocenters. The van der Waals surface area contributed by atoms with Crippen molar-refractivity contribution in [1.29, 1.82) is 0 Å². The van der Waals surface area contributed by atoms with Crippen LogP contribution in [0.3, 0.4) is 0 Å². The van der Waals surface area contributed by atoms with Crippen molar-refractivity contribution in [2.75, 3.05) is 18.8 Å². The van der Waals surface area contributed by atoms with E-state index in [-0.39, 0.29) is 30.6 Å². The van der Waals surface area contributed by atoms with Gasteiger partial charge in [-0.1, -0.05) is 67.8 Å². The molecule has 0 radical (unpaired) electrons. The SMILES string of the molecule is CC(C)(C)NC(=O)[C@@H]1C[C@@H]2CCCC[C@@H]2CN1C[C@@H](O)[C@](C)(CSc1ccccc1)NC(=O)OCc1ccccc1. The fourth-order valence-corrected chi connectivity index (χ4v) is 7.09. The molecule has 2 fully saturated rings. The third-order valence-corrected chi connectivity index (χ3v) is 9.68. The summed E-state index contributed by atoms with van der Waals surface area (Å²) in [7, 11) is 0. The topological polar surface area (TPSA) is 90.9 Å². The van der Waals surface area contributed by atoms with Gasteiger partial charge in [-0.3, -0.25) is 9.69 Å². The fraction of sp³-hybridized carbons (Fsp3) is 0.576. The van der Waals surface area contributed by atoms with E-state index >= 15 is 0 Å². The third kappa shape index (κ3) is 9.22. The second-order valence-corrected chi connectivity index (χ2v) is 14.0. The lowest BCUT2D eigenvalue weighted by molar-refractivity contribution is -0.133. The molecule has 3 N–H and O–H groups in total. The zero-order chi connectivity index (χ0) is 29.5.